The van der Waals surface area contributed by atoms with Crippen LogP contribution in [0.3, 0.4) is 0 Å². The minimum absolute atomic E-state index is 0.0486. The molecule has 3 aromatic rings. The first-order chi connectivity index (χ1) is 15.9. The number of pyridine rings is 1. The van der Waals surface area contributed by atoms with Gasteiger partial charge >= 0.3 is 0 Å². The highest BCUT2D eigenvalue weighted by Gasteiger charge is 2.19. The molecule has 0 radical (unpaired) electrons. The number of ketones is 1. The van der Waals surface area contributed by atoms with Crippen molar-refractivity contribution < 1.29 is 9.59 Å². The molecule has 0 saturated carbocycles. The second-order valence-corrected chi connectivity index (χ2v) is 8.07. The lowest BCUT2D eigenvalue weighted by Gasteiger charge is -2.35. The lowest BCUT2D eigenvalue weighted by molar-refractivity contribution is -0.129. The van der Waals surface area contributed by atoms with Gasteiger partial charge in [-0.1, -0.05) is 6.07 Å². The van der Waals surface area contributed by atoms with Crippen LogP contribution in [-0.4, -0.2) is 57.3 Å². The van der Waals surface area contributed by atoms with Crippen molar-refractivity contribution in [3.8, 4) is 6.07 Å². The first kappa shape index (κ1) is 22.1. The van der Waals surface area contributed by atoms with Crippen LogP contribution in [-0.2, 0) is 22.6 Å². The van der Waals surface area contributed by atoms with Crippen LogP contribution < -0.4 is 10.5 Å². The van der Waals surface area contributed by atoms with Crippen LogP contribution in [0.25, 0.3) is 10.9 Å². The number of piperazine rings is 1. The number of carbonyl (C=O) groups is 2. The van der Waals surface area contributed by atoms with Gasteiger partial charge in [0.15, 0.2) is 5.78 Å². The van der Waals surface area contributed by atoms with Crippen LogP contribution in [0.1, 0.15) is 24.6 Å². The molecule has 1 fully saturated rings. The van der Waals surface area contributed by atoms with Crippen molar-refractivity contribution in [2.45, 2.75) is 26.3 Å². The van der Waals surface area contributed by atoms with E-state index in [1.165, 1.54) is 10.9 Å². The molecule has 1 aliphatic rings. The highest BCUT2D eigenvalue weighted by molar-refractivity contribution is 5.83. The summed E-state index contributed by atoms with van der Waals surface area (Å²) in [7, 11) is 0. The molecule has 0 aliphatic carbocycles. The number of anilines is 1. The van der Waals surface area contributed by atoms with E-state index in [1.807, 2.05) is 29.2 Å². The van der Waals surface area contributed by atoms with Gasteiger partial charge < -0.3 is 9.80 Å². The van der Waals surface area contributed by atoms with Gasteiger partial charge in [0.25, 0.3) is 5.56 Å². The number of nitrogens with zero attached hydrogens (tertiary/aromatic N) is 6. The molecule has 9 nitrogen and oxygen atoms in total. The molecule has 3 heterocycles. The van der Waals surface area contributed by atoms with Gasteiger partial charge in [-0.05, 0) is 36.2 Å². The summed E-state index contributed by atoms with van der Waals surface area (Å²) in [5.41, 5.74) is 2.43. The van der Waals surface area contributed by atoms with Crippen LogP contribution >= 0.6 is 0 Å². The number of hydrogen-bond acceptors (Lipinski definition) is 7. The maximum absolute atomic E-state index is 13.0. The zero-order valence-electron chi connectivity index (χ0n) is 18.4. The van der Waals surface area contributed by atoms with E-state index in [1.54, 1.807) is 25.3 Å². The predicted molar refractivity (Wildman–Crippen MR) is 123 cm³/mol. The van der Waals surface area contributed by atoms with Crippen molar-refractivity contribution in [2.24, 2.45) is 0 Å². The summed E-state index contributed by atoms with van der Waals surface area (Å²) >= 11 is 0. The maximum Gasteiger partial charge on any atom is 0.261 e. The SMILES string of the molecule is CC(=O)N1CCN(c2ccc3ncn(CC(=O)CCc4ccc(C#N)nc4)c(=O)c3c2)CC1. The van der Waals surface area contributed by atoms with Crippen LogP contribution in [0, 0.1) is 11.3 Å². The normalized spacial score (nSPS) is 13.7. The number of hydrogen-bond donors (Lipinski definition) is 0. The van der Waals surface area contributed by atoms with Gasteiger partial charge in [-0.25, -0.2) is 9.97 Å². The van der Waals surface area contributed by atoms with E-state index in [0.717, 1.165) is 11.3 Å². The molecule has 0 spiro atoms. The molecule has 0 N–H and O–H groups in total. The molecule has 1 saturated heterocycles. The highest BCUT2D eigenvalue weighted by atomic mass is 16.2. The zero-order valence-corrected chi connectivity index (χ0v) is 18.4. The van der Waals surface area contributed by atoms with Crippen molar-refractivity contribution in [2.75, 3.05) is 31.1 Å². The number of fused-ring (bicyclic) bond motifs is 1. The van der Waals surface area contributed by atoms with E-state index in [9.17, 15) is 14.4 Å². The van der Waals surface area contributed by atoms with Crippen molar-refractivity contribution in [3.05, 3.63) is 64.5 Å². The van der Waals surface area contributed by atoms with Crippen molar-refractivity contribution in [1.29, 1.82) is 5.26 Å². The number of Topliss-reactive ketones (excluding diaryl/α,β-unsaturated/α-hetero) is 1. The Morgan fingerprint density at radius 3 is 2.55 bits per heavy atom. The molecule has 9 heteroatoms. The Labute approximate surface area is 190 Å². The average Bonchev–Trinajstić information content (AvgIpc) is 2.84. The van der Waals surface area contributed by atoms with Gasteiger partial charge in [0.05, 0.1) is 23.8 Å². The summed E-state index contributed by atoms with van der Waals surface area (Å²) in [6.07, 6.45) is 3.76. The summed E-state index contributed by atoms with van der Waals surface area (Å²) in [5, 5.41) is 9.28. The van der Waals surface area contributed by atoms with Gasteiger partial charge in [-0.2, -0.15) is 5.26 Å². The Morgan fingerprint density at radius 2 is 1.88 bits per heavy atom. The minimum atomic E-state index is -0.252. The predicted octanol–water partition coefficient (Wildman–Crippen LogP) is 1.53. The topological polar surface area (TPSA) is 112 Å². The molecule has 0 bridgehead atoms. The van der Waals surface area contributed by atoms with Crippen LogP contribution in [0.4, 0.5) is 5.69 Å². The van der Waals surface area contributed by atoms with Crippen molar-refractivity contribution in [1.82, 2.24) is 19.4 Å². The highest BCUT2D eigenvalue weighted by Crippen LogP contribution is 2.20. The molecule has 1 amide bonds. The molecular formula is C24H24N6O3. The Balaban J connectivity index is 1.45. The number of carbonyl (C=O) groups excluding carboxylic acids is 2. The number of aromatic nitrogens is 3. The summed E-state index contributed by atoms with van der Waals surface area (Å²) in [4.78, 5) is 49.4. The van der Waals surface area contributed by atoms with Gasteiger partial charge in [-0.15, -0.1) is 0 Å². The van der Waals surface area contributed by atoms with Gasteiger partial charge in [0, 0.05) is 51.4 Å². The Hall–Kier alpha value is -4.06. The average molecular weight is 444 g/mol. The molecule has 0 unspecified atom stereocenters. The smallest absolute Gasteiger partial charge is 0.261 e. The number of amides is 1. The molecule has 2 aromatic heterocycles. The largest absolute Gasteiger partial charge is 0.368 e. The van der Waals surface area contributed by atoms with Crippen LogP contribution in [0.2, 0.25) is 0 Å². The Morgan fingerprint density at radius 1 is 1.09 bits per heavy atom. The van der Waals surface area contributed by atoms with E-state index in [0.29, 0.717) is 49.2 Å². The lowest BCUT2D eigenvalue weighted by Crippen LogP contribution is -2.48. The monoisotopic (exact) mass is 444 g/mol. The van der Waals surface area contributed by atoms with E-state index in [-0.39, 0.29) is 30.2 Å². The maximum atomic E-state index is 13.0. The molecule has 0 atom stereocenters. The van der Waals surface area contributed by atoms with Crippen molar-refractivity contribution >= 4 is 28.3 Å². The number of nitriles is 1. The molecular weight excluding hydrogens is 420 g/mol. The number of benzene rings is 1. The molecule has 33 heavy (non-hydrogen) atoms. The van der Waals surface area contributed by atoms with Gasteiger partial charge in [0.2, 0.25) is 5.91 Å². The first-order valence-corrected chi connectivity index (χ1v) is 10.8. The fourth-order valence-electron chi connectivity index (χ4n) is 3.93. The van der Waals surface area contributed by atoms with E-state index in [4.69, 9.17) is 5.26 Å². The molecule has 4 rings (SSSR count). The van der Waals surface area contributed by atoms with Crippen molar-refractivity contribution in [3.63, 3.8) is 0 Å². The van der Waals surface area contributed by atoms with Gasteiger partial charge in [-0.3, -0.25) is 19.0 Å². The summed E-state index contributed by atoms with van der Waals surface area (Å²) < 4.78 is 1.35. The van der Waals surface area contributed by atoms with E-state index >= 15 is 0 Å². The van der Waals surface area contributed by atoms with E-state index in [2.05, 4.69) is 14.9 Å². The molecule has 1 aromatic carbocycles. The van der Waals surface area contributed by atoms with Gasteiger partial charge in [0.1, 0.15) is 11.8 Å². The third-order valence-electron chi connectivity index (χ3n) is 5.88. The third-order valence-corrected chi connectivity index (χ3v) is 5.88. The second kappa shape index (κ2) is 9.61. The Bertz CT molecular complexity index is 1280. The summed E-state index contributed by atoms with van der Waals surface area (Å²) in [5.74, 6) is -0.0144. The van der Waals surface area contributed by atoms with Crippen LogP contribution in [0.15, 0.2) is 47.7 Å². The lowest BCUT2D eigenvalue weighted by atomic mass is 10.1. The fourth-order valence-corrected chi connectivity index (χ4v) is 3.93. The summed E-state index contributed by atoms with van der Waals surface area (Å²) in [6.45, 7) is 4.21. The van der Waals surface area contributed by atoms with E-state index < -0.39 is 0 Å². The Kier molecular flexibility index (Phi) is 6.45. The first-order valence-electron chi connectivity index (χ1n) is 10.8. The number of aryl methyl sites for hydroxylation is 1. The summed E-state index contributed by atoms with van der Waals surface area (Å²) in [6, 6.07) is 10.9. The molecule has 168 valence electrons. The third kappa shape index (κ3) is 5.06. The number of rotatable bonds is 6. The fraction of sp³-hybridized carbons (Fsp3) is 0.333. The minimum Gasteiger partial charge on any atom is -0.368 e. The zero-order chi connectivity index (χ0) is 23.4. The second-order valence-electron chi connectivity index (χ2n) is 8.07. The molecule has 1 aliphatic heterocycles. The standard InChI is InChI=1S/C24H24N6O3/c1-17(31)28-8-10-29(11-9-28)20-5-7-23-22(12-20)24(33)30(16-27-23)15-21(32)6-3-18-2-4-19(13-25)26-14-18/h2,4-5,7,12,14,16H,3,6,8-11,15H2,1H3. The van der Waals surface area contributed by atoms with Crippen LogP contribution in [0.5, 0.6) is 0 Å². The quantitative estimate of drug-likeness (QED) is 0.567.